The van der Waals surface area contributed by atoms with Gasteiger partial charge in [-0.3, -0.25) is 0 Å². The Labute approximate surface area is 122 Å². The molecule has 0 saturated heterocycles. The number of hydrogen-bond donors (Lipinski definition) is 3. The van der Waals surface area contributed by atoms with Crippen molar-refractivity contribution in [1.82, 2.24) is 5.32 Å². The van der Waals surface area contributed by atoms with Gasteiger partial charge in [-0.15, -0.1) is 0 Å². The van der Waals surface area contributed by atoms with Gasteiger partial charge in [-0.05, 0) is 38.5 Å². The third kappa shape index (κ3) is 6.04. The topological polar surface area (TPSA) is 70.6 Å². The van der Waals surface area contributed by atoms with Gasteiger partial charge in [0.05, 0.1) is 0 Å². The van der Waals surface area contributed by atoms with Crippen LogP contribution in [0.4, 0.5) is 0 Å². The van der Waals surface area contributed by atoms with Gasteiger partial charge in [0.1, 0.15) is 5.84 Å². The van der Waals surface area contributed by atoms with Gasteiger partial charge in [-0.1, -0.05) is 32.9 Å². The van der Waals surface area contributed by atoms with Crippen molar-refractivity contribution in [3.05, 3.63) is 0 Å². The Balaban J connectivity index is 4.00. The number of amidine groups is 1. The number of oxime groups is 1. The van der Waals surface area contributed by atoms with Gasteiger partial charge in [0.2, 0.25) is 0 Å². The van der Waals surface area contributed by atoms with Crippen molar-refractivity contribution in [3.63, 3.8) is 0 Å². The van der Waals surface area contributed by atoms with Crippen LogP contribution >= 0.6 is 11.8 Å². The maximum absolute atomic E-state index is 8.72. The Bertz CT molecular complexity index is 268. The maximum Gasteiger partial charge on any atom is 0.144 e. The van der Waals surface area contributed by atoms with E-state index >= 15 is 0 Å². The highest BCUT2D eigenvalue weighted by molar-refractivity contribution is 8.00. The van der Waals surface area contributed by atoms with E-state index in [4.69, 9.17) is 10.9 Å². The van der Waals surface area contributed by atoms with Crippen LogP contribution in [0.5, 0.6) is 0 Å². The van der Waals surface area contributed by atoms with Gasteiger partial charge in [0.15, 0.2) is 0 Å². The molecule has 0 aliphatic heterocycles. The fourth-order valence-electron chi connectivity index (χ4n) is 2.10. The molecule has 4 N–H and O–H groups in total. The molecule has 0 aromatic carbocycles. The molecular weight excluding hydrogens is 258 g/mol. The summed E-state index contributed by atoms with van der Waals surface area (Å²) in [7, 11) is 0. The van der Waals surface area contributed by atoms with Crippen molar-refractivity contribution in [3.8, 4) is 0 Å². The molecule has 0 saturated carbocycles. The third-order valence-electron chi connectivity index (χ3n) is 4.13. The molecule has 0 unspecified atom stereocenters. The number of hydrogen-bond acceptors (Lipinski definition) is 4. The molecular formula is C14H31N3OS. The minimum Gasteiger partial charge on any atom is -0.409 e. The predicted molar refractivity (Wildman–Crippen MR) is 86.1 cm³/mol. The lowest BCUT2D eigenvalue weighted by Gasteiger charge is -2.30. The Hall–Kier alpha value is -0.420. The highest BCUT2D eigenvalue weighted by atomic mass is 32.2. The van der Waals surface area contributed by atoms with Crippen LogP contribution in [0.2, 0.25) is 0 Å². The molecule has 0 amide bonds. The molecule has 0 spiro atoms. The van der Waals surface area contributed by atoms with E-state index in [-0.39, 0.29) is 5.41 Å². The van der Waals surface area contributed by atoms with Crippen LogP contribution in [-0.4, -0.2) is 35.1 Å². The van der Waals surface area contributed by atoms with Gasteiger partial charge < -0.3 is 16.3 Å². The Kier molecular flexibility index (Phi) is 8.50. The van der Waals surface area contributed by atoms with E-state index in [0.29, 0.717) is 10.6 Å². The van der Waals surface area contributed by atoms with Crippen molar-refractivity contribution in [2.75, 3.05) is 19.3 Å². The first-order valence-corrected chi connectivity index (χ1v) is 8.33. The maximum atomic E-state index is 8.72. The standard InChI is InChI=1S/C14H31N3OS/c1-6-14(7-2,19-5)11-16-10-8-9-13(3,4)12(15)17-18/h16,18H,6-11H2,1-5H3,(H2,15,17). The van der Waals surface area contributed by atoms with Crippen LogP contribution in [0.1, 0.15) is 53.4 Å². The zero-order valence-electron chi connectivity index (χ0n) is 13.1. The van der Waals surface area contributed by atoms with E-state index in [1.54, 1.807) is 0 Å². The molecule has 0 fully saturated rings. The van der Waals surface area contributed by atoms with E-state index in [0.717, 1.165) is 25.9 Å². The second-order valence-electron chi connectivity index (χ2n) is 5.74. The first-order valence-electron chi connectivity index (χ1n) is 7.11. The molecule has 0 aliphatic carbocycles. The van der Waals surface area contributed by atoms with Crippen molar-refractivity contribution >= 4 is 17.6 Å². The summed E-state index contributed by atoms with van der Waals surface area (Å²) in [6, 6.07) is 0. The Morgan fingerprint density at radius 2 is 1.89 bits per heavy atom. The van der Waals surface area contributed by atoms with Crippen LogP contribution in [0.25, 0.3) is 0 Å². The third-order valence-corrected chi connectivity index (χ3v) is 5.71. The summed E-state index contributed by atoms with van der Waals surface area (Å²) in [5.74, 6) is 0.313. The first kappa shape index (κ1) is 18.6. The fourth-order valence-corrected chi connectivity index (χ4v) is 2.92. The summed E-state index contributed by atoms with van der Waals surface area (Å²) in [6.07, 6.45) is 6.51. The van der Waals surface area contributed by atoms with Crippen LogP contribution in [0.3, 0.4) is 0 Å². The van der Waals surface area contributed by atoms with Crippen LogP contribution in [0, 0.1) is 5.41 Å². The van der Waals surface area contributed by atoms with Crippen molar-refractivity contribution in [2.24, 2.45) is 16.3 Å². The highest BCUT2D eigenvalue weighted by Crippen LogP contribution is 2.29. The Morgan fingerprint density at radius 3 is 2.32 bits per heavy atom. The molecule has 0 atom stereocenters. The molecule has 0 rings (SSSR count). The number of rotatable bonds is 10. The van der Waals surface area contributed by atoms with Crippen molar-refractivity contribution in [2.45, 2.75) is 58.1 Å². The minimum absolute atomic E-state index is 0.234. The molecule has 0 aliphatic rings. The number of nitrogens with one attached hydrogen (secondary N) is 1. The van der Waals surface area contributed by atoms with E-state index in [1.807, 2.05) is 25.6 Å². The molecule has 0 bridgehead atoms. The average molecular weight is 289 g/mol. The molecule has 19 heavy (non-hydrogen) atoms. The summed E-state index contributed by atoms with van der Waals surface area (Å²) in [5.41, 5.74) is 5.44. The number of nitrogens with two attached hydrogens (primary N) is 1. The molecule has 0 radical (unpaired) electrons. The zero-order valence-corrected chi connectivity index (χ0v) is 13.9. The lowest BCUT2D eigenvalue weighted by atomic mass is 9.86. The van der Waals surface area contributed by atoms with Crippen molar-refractivity contribution in [1.29, 1.82) is 0 Å². The van der Waals surface area contributed by atoms with Crippen LogP contribution in [-0.2, 0) is 0 Å². The largest absolute Gasteiger partial charge is 0.409 e. The monoisotopic (exact) mass is 289 g/mol. The second kappa shape index (κ2) is 8.69. The van der Waals surface area contributed by atoms with E-state index in [9.17, 15) is 0 Å². The highest BCUT2D eigenvalue weighted by Gasteiger charge is 2.25. The summed E-state index contributed by atoms with van der Waals surface area (Å²) in [5, 5.41) is 15.4. The van der Waals surface area contributed by atoms with E-state index in [1.165, 1.54) is 12.8 Å². The molecule has 114 valence electrons. The van der Waals surface area contributed by atoms with Crippen LogP contribution < -0.4 is 11.1 Å². The smallest absolute Gasteiger partial charge is 0.144 e. The van der Waals surface area contributed by atoms with Gasteiger partial charge in [-0.25, -0.2) is 0 Å². The molecule has 0 aromatic rings. The summed E-state index contributed by atoms with van der Waals surface area (Å²) in [4.78, 5) is 0. The predicted octanol–water partition coefficient (Wildman–Crippen LogP) is 3.05. The number of thioether (sulfide) groups is 1. The molecule has 5 heteroatoms. The summed E-state index contributed by atoms with van der Waals surface area (Å²) < 4.78 is 0.362. The Morgan fingerprint density at radius 1 is 1.32 bits per heavy atom. The quantitative estimate of drug-likeness (QED) is 0.190. The van der Waals surface area contributed by atoms with Gasteiger partial charge >= 0.3 is 0 Å². The van der Waals surface area contributed by atoms with Crippen LogP contribution in [0.15, 0.2) is 5.16 Å². The minimum atomic E-state index is -0.234. The van der Waals surface area contributed by atoms with E-state index < -0.39 is 0 Å². The average Bonchev–Trinajstić information content (AvgIpc) is 2.42. The van der Waals surface area contributed by atoms with Gasteiger partial charge in [0, 0.05) is 16.7 Å². The second-order valence-corrected chi connectivity index (χ2v) is 7.02. The molecule has 0 heterocycles. The number of nitrogens with zero attached hydrogens (tertiary/aromatic N) is 1. The molecule has 0 aromatic heterocycles. The normalized spacial score (nSPS) is 13.8. The first-order chi connectivity index (χ1) is 8.87. The van der Waals surface area contributed by atoms with Crippen molar-refractivity contribution < 1.29 is 5.21 Å². The lowest BCUT2D eigenvalue weighted by molar-refractivity contribution is 0.304. The zero-order chi connectivity index (χ0) is 14.9. The van der Waals surface area contributed by atoms with Gasteiger partial charge in [-0.2, -0.15) is 11.8 Å². The fraction of sp³-hybridized carbons (Fsp3) is 0.929. The van der Waals surface area contributed by atoms with Gasteiger partial charge in [0.25, 0.3) is 0 Å². The molecule has 4 nitrogen and oxygen atoms in total. The van der Waals surface area contributed by atoms with E-state index in [2.05, 4.69) is 30.6 Å². The SMILES string of the molecule is CCC(CC)(CNCCCC(C)(C)C(N)=NO)SC. The lowest BCUT2D eigenvalue weighted by Crippen LogP contribution is -2.38. The summed E-state index contributed by atoms with van der Waals surface area (Å²) in [6.45, 7) is 10.5. The summed E-state index contributed by atoms with van der Waals surface area (Å²) >= 11 is 1.95.